The number of imidazole rings is 1. The van der Waals surface area contributed by atoms with Crippen LogP contribution in [-0.4, -0.2) is 37.5 Å². The highest BCUT2D eigenvalue weighted by molar-refractivity contribution is 6.04. The maximum atomic E-state index is 12.4. The third-order valence-electron chi connectivity index (χ3n) is 4.21. The van der Waals surface area contributed by atoms with Gasteiger partial charge in [-0.05, 0) is 37.3 Å². The van der Waals surface area contributed by atoms with Gasteiger partial charge in [0.05, 0.1) is 7.11 Å². The Morgan fingerprint density at radius 3 is 2.57 bits per heavy atom. The Morgan fingerprint density at radius 2 is 1.83 bits per heavy atom. The SMILES string of the molecule is COc1cc(C(=O)Nc2ccc(Nc3cc(-n4ccnc4)nc(C)n3)cc2)ccn1. The van der Waals surface area contributed by atoms with E-state index in [2.05, 4.69) is 30.6 Å². The molecule has 0 spiro atoms. The molecule has 9 heteroatoms. The fourth-order valence-corrected chi connectivity index (χ4v) is 2.79. The summed E-state index contributed by atoms with van der Waals surface area (Å²) in [4.78, 5) is 29.3. The van der Waals surface area contributed by atoms with Crippen LogP contribution in [0.4, 0.5) is 17.2 Å². The number of rotatable bonds is 6. The number of ether oxygens (including phenoxy) is 1. The minimum absolute atomic E-state index is 0.243. The molecule has 1 aromatic carbocycles. The van der Waals surface area contributed by atoms with Gasteiger partial charge < -0.3 is 15.4 Å². The van der Waals surface area contributed by atoms with Crippen molar-refractivity contribution in [3.63, 3.8) is 0 Å². The highest BCUT2D eigenvalue weighted by Crippen LogP contribution is 2.20. The van der Waals surface area contributed by atoms with Crippen molar-refractivity contribution in [1.82, 2.24) is 24.5 Å². The summed E-state index contributed by atoms with van der Waals surface area (Å²) >= 11 is 0. The summed E-state index contributed by atoms with van der Waals surface area (Å²) in [6.07, 6.45) is 6.73. The van der Waals surface area contributed by atoms with E-state index in [1.165, 1.54) is 13.3 Å². The molecule has 0 saturated carbocycles. The van der Waals surface area contributed by atoms with Crippen molar-refractivity contribution in [1.29, 1.82) is 0 Å². The second-order valence-corrected chi connectivity index (χ2v) is 6.37. The molecule has 3 heterocycles. The average molecular weight is 401 g/mol. The molecule has 0 aliphatic carbocycles. The summed E-state index contributed by atoms with van der Waals surface area (Å²) in [7, 11) is 1.51. The van der Waals surface area contributed by atoms with E-state index >= 15 is 0 Å². The Labute approximate surface area is 172 Å². The summed E-state index contributed by atoms with van der Waals surface area (Å²) in [5.41, 5.74) is 1.96. The maximum absolute atomic E-state index is 12.4. The van der Waals surface area contributed by atoms with Crippen LogP contribution in [0.5, 0.6) is 5.88 Å². The van der Waals surface area contributed by atoms with Gasteiger partial charge >= 0.3 is 0 Å². The summed E-state index contributed by atoms with van der Waals surface area (Å²) in [5, 5.41) is 6.10. The molecular formula is C21H19N7O2. The van der Waals surface area contributed by atoms with E-state index in [0.29, 0.717) is 28.8 Å². The van der Waals surface area contributed by atoms with E-state index in [0.717, 1.165) is 11.5 Å². The third kappa shape index (κ3) is 4.41. The lowest BCUT2D eigenvalue weighted by molar-refractivity contribution is 0.102. The molecule has 0 fully saturated rings. The summed E-state index contributed by atoms with van der Waals surface area (Å²) < 4.78 is 6.87. The first-order valence-corrected chi connectivity index (χ1v) is 9.13. The Hall–Kier alpha value is -4.27. The van der Waals surface area contributed by atoms with Gasteiger partial charge in [0.15, 0.2) is 0 Å². The van der Waals surface area contributed by atoms with Crippen LogP contribution in [0, 0.1) is 6.92 Å². The fourth-order valence-electron chi connectivity index (χ4n) is 2.79. The van der Waals surface area contributed by atoms with Crippen LogP contribution in [0.15, 0.2) is 67.4 Å². The van der Waals surface area contributed by atoms with Crippen molar-refractivity contribution in [2.45, 2.75) is 6.92 Å². The quantitative estimate of drug-likeness (QED) is 0.510. The highest BCUT2D eigenvalue weighted by Gasteiger charge is 2.08. The number of hydrogen-bond donors (Lipinski definition) is 2. The number of nitrogens with one attached hydrogen (secondary N) is 2. The smallest absolute Gasteiger partial charge is 0.255 e. The molecule has 0 unspecified atom stereocenters. The van der Waals surface area contributed by atoms with Crippen molar-refractivity contribution >= 4 is 23.1 Å². The number of aryl methyl sites for hydroxylation is 1. The zero-order valence-corrected chi connectivity index (χ0v) is 16.4. The molecular weight excluding hydrogens is 382 g/mol. The van der Waals surface area contributed by atoms with Crippen LogP contribution in [0.3, 0.4) is 0 Å². The highest BCUT2D eigenvalue weighted by atomic mass is 16.5. The lowest BCUT2D eigenvalue weighted by atomic mass is 10.2. The van der Waals surface area contributed by atoms with E-state index in [-0.39, 0.29) is 5.91 Å². The van der Waals surface area contributed by atoms with E-state index in [1.54, 1.807) is 24.7 Å². The largest absolute Gasteiger partial charge is 0.481 e. The second-order valence-electron chi connectivity index (χ2n) is 6.37. The molecule has 0 saturated heterocycles. The van der Waals surface area contributed by atoms with E-state index < -0.39 is 0 Å². The lowest BCUT2D eigenvalue weighted by Crippen LogP contribution is -2.12. The van der Waals surface area contributed by atoms with Crippen LogP contribution >= 0.6 is 0 Å². The first kappa shape index (κ1) is 19.1. The minimum Gasteiger partial charge on any atom is -0.481 e. The topological polar surface area (TPSA) is 107 Å². The summed E-state index contributed by atoms with van der Waals surface area (Å²) in [6, 6.07) is 12.4. The maximum Gasteiger partial charge on any atom is 0.255 e. The Kier molecular flexibility index (Phi) is 5.33. The first-order chi connectivity index (χ1) is 14.6. The Morgan fingerprint density at radius 1 is 1.03 bits per heavy atom. The third-order valence-corrected chi connectivity index (χ3v) is 4.21. The monoisotopic (exact) mass is 401 g/mol. The number of pyridine rings is 1. The molecule has 0 radical (unpaired) electrons. The predicted octanol–water partition coefficient (Wildman–Crippen LogP) is 3.37. The van der Waals surface area contributed by atoms with Crippen molar-refractivity contribution < 1.29 is 9.53 Å². The Bertz CT molecular complexity index is 1160. The molecule has 0 atom stereocenters. The molecule has 4 aromatic rings. The molecule has 4 rings (SSSR count). The fraction of sp³-hybridized carbons (Fsp3) is 0.0952. The van der Waals surface area contributed by atoms with Gasteiger partial charge in [-0.3, -0.25) is 9.36 Å². The van der Waals surface area contributed by atoms with Gasteiger partial charge in [-0.25, -0.2) is 19.9 Å². The summed E-state index contributed by atoms with van der Waals surface area (Å²) in [5.74, 6) is 2.16. The van der Waals surface area contributed by atoms with Crippen molar-refractivity contribution in [3.8, 4) is 11.7 Å². The lowest BCUT2D eigenvalue weighted by Gasteiger charge is -2.10. The van der Waals surface area contributed by atoms with Crippen LogP contribution in [0.25, 0.3) is 5.82 Å². The zero-order valence-electron chi connectivity index (χ0n) is 16.4. The van der Waals surface area contributed by atoms with Crippen molar-refractivity contribution in [3.05, 3.63) is 78.8 Å². The molecule has 9 nitrogen and oxygen atoms in total. The molecule has 2 N–H and O–H groups in total. The van der Waals surface area contributed by atoms with Gasteiger partial charge in [0.25, 0.3) is 5.91 Å². The van der Waals surface area contributed by atoms with Gasteiger partial charge in [-0.2, -0.15) is 0 Å². The van der Waals surface area contributed by atoms with Gasteiger partial charge in [0.1, 0.15) is 23.8 Å². The van der Waals surface area contributed by atoms with E-state index in [4.69, 9.17) is 4.74 Å². The van der Waals surface area contributed by atoms with Crippen LogP contribution in [-0.2, 0) is 0 Å². The number of carbonyl (C=O) groups is 1. The average Bonchev–Trinajstić information content (AvgIpc) is 3.30. The minimum atomic E-state index is -0.243. The van der Waals surface area contributed by atoms with Crippen molar-refractivity contribution in [2.24, 2.45) is 0 Å². The number of hydrogen-bond acceptors (Lipinski definition) is 7. The number of benzene rings is 1. The number of carbonyl (C=O) groups excluding carboxylic acids is 1. The number of anilines is 3. The van der Waals surface area contributed by atoms with Gasteiger partial charge in [-0.15, -0.1) is 0 Å². The van der Waals surface area contributed by atoms with E-state index in [1.807, 2.05) is 48.0 Å². The van der Waals surface area contributed by atoms with Crippen LogP contribution < -0.4 is 15.4 Å². The van der Waals surface area contributed by atoms with Gasteiger partial charge in [-0.1, -0.05) is 0 Å². The molecule has 30 heavy (non-hydrogen) atoms. The van der Waals surface area contributed by atoms with Crippen LogP contribution in [0.1, 0.15) is 16.2 Å². The Balaban J connectivity index is 1.46. The second kappa shape index (κ2) is 8.39. The number of methoxy groups -OCH3 is 1. The van der Waals surface area contributed by atoms with E-state index in [9.17, 15) is 4.79 Å². The molecule has 0 aliphatic heterocycles. The first-order valence-electron chi connectivity index (χ1n) is 9.13. The van der Waals surface area contributed by atoms with Gasteiger partial charge in [0, 0.05) is 47.7 Å². The number of aromatic nitrogens is 5. The van der Waals surface area contributed by atoms with Crippen LogP contribution in [0.2, 0.25) is 0 Å². The summed E-state index contributed by atoms with van der Waals surface area (Å²) in [6.45, 7) is 1.83. The normalized spacial score (nSPS) is 10.5. The standard InChI is InChI=1S/C21H19N7O2/c1-14-24-18(12-19(25-14)28-10-9-22-13-28)26-16-3-5-17(6-4-16)27-21(29)15-7-8-23-20(11-15)30-2/h3-13H,1-2H3,(H,27,29)(H,24,25,26). The molecule has 0 aliphatic rings. The predicted molar refractivity (Wildman–Crippen MR) is 112 cm³/mol. The molecule has 3 aromatic heterocycles. The molecule has 1 amide bonds. The van der Waals surface area contributed by atoms with Crippen molar-refractivity contribution in [2.75, 3.05) is 17.7 Å². The molecule has 0 bridgehead atoms. The number of nitrogens with zero attached hydrogens (tertiary/aromatic N) is 5. The molecule has 150 valence electrons. The van der Waals surface area contributed by atoms with Gasteiger partial charge in [0.2, 0.25) is 5.88 Å². The zero-order chi connectivity index (χ0) is 20.9. The number of amides is 1.